The van der Waals surface area contributed by atoms with E-state index in [0.717, 1.165) is 0 Å². The molecule has 1 aromatic carbocycles. The highest BCUT2D eigenvalue weighted by atomic mass is 28.3. The number of rotatable bonds is 12. The van der Waals surface area contributed by atoms with Crippen LogP contribution >= 0.6 is 0 Å². The molecule has 0 fully saturated rings. The zero-order valence-corrected chi connectivity index (χ0v) is 20.1. The van der Waals surface area contributed by atoms with Crippen molar-refractivity contribution in [2.75, 3.05) is 0 Å². The molecule has 0 saturated carbocycles. The van der Waals surface area contributed by atoms with Gasteiger partial charge in [-0.25, -0.2) is 0 Å². The molecule has 152 valence electrons. The third-order valence-corrected chi connectivity index (χ3v) is 11.6. The van der Waals surface area contributed by atoms with Gasteiger partial charge in [0.25, 0.3) is 0 Å². The minimum Gasteiger partial charge on any atom is -0.106 e. The molecular formula is C26H41BSi. The quantitative estimate of drug-likeness (QED) is 0.321. The SMILES string of the molecule is C=C[Si]1(c2ccccc2)C(CCCC)=C(CC)C(B(CC)CC)=C1CCCC. The molecule has 0 aliphatic carbocycles. The molecule has 1 aliphatic rings. The van der Waals surface area contributed by atoms with E-state index in [1.807, 2.05) is 5.20 Å². The van der Waals surface area contributed by atoms with Gasteiger partial charge in [-0.05, 0) is 24.4 Å². The van der Waals surface area contributed by atoms with Crippen LogP contribution in [0.4, 0.5) is 0 Å². The summed E-state index contributed by atoms with van der Waals surface area (Å²) in [6.07, 6.45) is 11.3. The van der Waals surface area contributed by atoms with Crippen LogP contribution < -0.4 is 5.19 Å². The summed E-state index contributed by atoms with van der Waals surface area (Å²) in [7, 11) is -2.04. The molecule has 0 radical (unpaired) electrons. The number of hydrogen-bond acceptors (Lipinski definition) is 0. The van der Waals surface area contributed by atoms with Crippen LogP contribution in [-0.4, -0.2) is 14.8 Å². The van der Waals surface area contributed by atoms with E-state index >= 15 is 0 Å². The maximum atomic E-state index is 4.52. The van der Waals surface area contributed by atoms with Crippen LogP contribution in [0, 0.1) is 0 Å². The van der Waals surface area contributed by atoms with Gasteiger partial charge >= 0.3 is 0 Å². The van der Waals surface area contributed by atoms with Gasteiger partial charge in [0.2, 0.25) is 0 Å². The van der Waals surface area contributed by atoms with Crippen molar-refractivity contribution in [2.24, 2.45) is 0 Å². The molecule has 2 rings (SSSR count). The molecule has 1 aromatic rings. The summed E-state index contributed by atoms with van der Waals surface area (Å²) in [5, 5.41) is 5.17. The Kier molecular flexibility index (Phi) is 9.08. The topological polar surface area (TPSA) is 0 Å². The lowest BCUT2D eigenvalue weighted by Crippen LogP contribution is -2.49. The molecule has 1 unspecified atom stereocenters. The summed E-state index contributed by atoms with van der Waals surface area (Å²) < 4.78 is 0. The van der Waals surface area contributed by atoms with Crippen molar-refractivity contribution in [1.82, 2.24) is 0 Å². The third-order valence-electron chi connectivity index (χ3n) is 6.81. The summed E-state index contributed by atoms with van der Waals surface area (Å²) >= 11 is 0. The Bertz CT molecular complexity index is 696. The van der Waals surface area contributed by atoms with Gasteiger partial charge in [-0.1, -0.05) is 130 Å². The average Bonchev–Trinajstić information content (AvgIpc) is 3.01. The van der Waals surface area contributed by atoms with Crippen LogP contribution in [0.3, 0.4) is 0 Å². The second kappa shape index (κ2) is 11.0. The van der Waals surface area contributed by atoms with Crippen LogP contribution in [0.25, 0.3) is 0 Å². The van der Waals surface area contributed by atoms with E-state index in [0.29, 0.717) is 6.71 Å². The maximum Gasteiger partial charge on any atom is 0.175 e. The van der Waals surface area contributed by atoms with Crippen molar-refractivity contribution < 1.29 is 0 Å². The smallest absolute Gasteiger partial charge is 0.106 e. The molecule has 0 bridgehead atoms. The van der Waals surface area contributed by atoms with Crippen LogP contribution in [-0.2, 0) is 0 Å². The molecule has 1 heterocycles. The summed E-state index contributed by atoms with van der Waals surface area (Å²) in [4.78, 5) is 0. The van der Waals surface area contributed by atoms with Gasteiger partial charge in [0.1, 0.15) is 0 Å². The van der Waals surface area contributed by atoms with E-state index in [1.165, 1.54) is 57.6 Å². The molecule has 0 amide bonds. The first-order chi connectivity index (χ1) is 13.7. The summed E-state index contributed by atoms with van der Waals surface area (Å²) in [5.74, 6) is 0. The van der Waals surface area contributed by atoms with E-state index in [2.05, 4.69) is 77.2 Å². The zero-order chi connectivity index (χ0) is 20.6. The molecule has 1 aliphatic heterocycles. The van der Waals surface area contributed by atoms with E-state index in [4.69, 9.17) is 0 Å². The minimum atomic E-state index is -2.04. The second-order valence-electron chi connectivity index (χ2n) is 8.30. The molecule has 0 nitrogen and oxygen atoms in total. The van der Waals surface area contributed by atoms with Gasteiger partial charge in [-0.3, -0.25) is 0 Å². The lowest BCUT2D eigenvalue weighted by Gasteiger charge is -2.32. The molecule has 1 atom stereocenters. The summed E-state index contributed by atoms with van der Waals surface area (Å²) in [5.41, 5.74) is 5.93. The Morgan fingerprint density at radius 2 is 1.43 bits per heavy atom. The molecular weight excluding hydrogens is 351 g/mol. The third kappa shape index (κ3) is 4.18. The largest absolute Gasteiger partial charge is 0.175 e. The van der Waals surface area contributed by atoms with E-state index in [-0.39, 0.29) is 0 Å². The lowest BCUT2D eigenvalue weighted by molar-refractivity contribution is 0.796. The van der Waals surface area contributed by atoms with Crippen LogP contribution in [0.1, 0.15) is 79.6 Å². The van der Waals surface area contributed by atoms with E-state index in [9.17, 15) is 0 Å². The van der Waals surface area contributed by atoms with Gasteiger partial charge < -0.3 is 0 Å². The lowest BCUT2D eigenvalue weighted by atomic mass is 9.39. The van der Waals surface area contributed by atoms with Crippen LogP contribution in [0.2, 0.25) is 12.6 Å². The Morgan fingerprint density at radius 1 is 0.857 bits per heavy atom. The fourth-order valence-corrected chi connectivity index (χ4v) is 10.6. The summed E-state index contributed by atoms with van der Waals surface area (Å²) in [6.45, 7) is 17.0. The van der Waals surface area contributed by atoms with Crippen molar-refractivity contribution in [3.63, 3.8) is 0 Å². The normalized spacial score (nSPS) is 19.5. The molecule has 0 N–H and O–H groups in total. The molecule has 0 saturated heterocycles. The first-order valence-corrected chi connectivity index (χ1v) is 13.9. The molecule has 28 heavy (non-hydrogen) atoms. The second-order valence-corrected chi connectivity index (χ2v) is 12.1. The van der Waals surface area contributed by atoms with Crippen molar-refractivity contribution in [3.8, 4) is 0 Å². The van der Waals surface area contributed by atoms with Gasteiger partial charge in [0, 0.05) is 0 Å². The van der Waals surface area contributed by atoms with E-state index in [1.54, 1.807) is 21.4 Å². The number of unbranched alkanes of at least 4 members (excludes halogenated alkanes) is 2. The van der Waals surface area contributed by atoms with Crippen LogP contribution in [0.5, 0.6) is 0 Å². The predicted molar refractivity (Wildman–Crippen MR) is 132 cm³/mol. The minimum absolute atomic E-state index is 0.705. The fraction of sp³-hybridized carbons (Fsp3) is 0.538. The molecule has 2 heteroatoms. The highest BCUT2D eigenvalue weighted by Gasteiger charge is 2.47. The van der Waals surface area contributed by atoms with Gasteiger partial charge in [0.05, 0.1) is 0 Å². The van der Waals surface area contributed by atoms with E-state index < -0.39 is 8.07 Å². The van der Waals surface area contributed by atoms with Crippen molar-refractivity contribution in [3.05, 3.63) is 64.0 Å². The zero-order valence-electron chi connectivity index (χ0n) is 19.1. The van der Waals surface area contributed by atoms with Crippen molar-refractivity contribution in [2.45, 2.75) is 92.2 Å². The Morgan fingerprint density at radius 3 is 1.89 bits per heavy atom. The standard InChI is InChI=1S/C26H41BSi/c1-7-13-20-24-23(9-3)26(27(10-4)11-5)25(21-14-8-2)28(24,12-6)22-18-16-15-17-19-22/h12,15-19H,6-11,13-14,20-21H2,1-5H3. The Balaban J connectivity index is 2.83. The summed E-state index contributed by atoms with van der Waals surface area (Å²) in [6, 6.07) is 11.4. The van der Waals surface area contributed by atoms with Crippen molar-refractivity contribution in [1.29, 1.82) is 0 Å². The maximum absolute atomic E-state index is 4.52. The van der Waals surface area contributed by atoms with Gasteiger partial charge in [0.15, 0.2) is 14.8 Å². The number of hydrogen-bond donors (Lipinski definition) is 0. The van der Waals surface area contributed by atoms with Gasteiger partial charge in [-0.15, -0.1) is 6.58 Å². The first kappa shape index (κ1) is 23.0. The van der Waals surface area contributed by atoms with Crippen LogP contribution in [0.15, 0.2) is 64.0 Å². The highest BCUT2D eigenvalue weighted by Crippen LogP contribution is 2.46. The fourth-order valence-electron chi connectivity index (χ4n) is 5.37. The molecule has 0 aromatic heterocycles. The Hall–Kier alpha value is -1.28. The highest BCUT2D eigenvalue weighted by molar-refractivity contribution is 7.08. The number of allylic oxidation sites excluding steroid dienone is 4. The van der Waals surface area contributed by atoms with Gasteiger partial charge in [-0.2, -0.15) is 0 Å². The first-order valence-electron chi connectivity index (χ1n) is 11.8. The number of benzene rings is 1. The monoisotopic (exact) mass is 392 g/mol. The Labute approximate surface area is 176 Å². The molecule has 0 spiro atoms. The average molecular weight is 393 g/mol. The predicted octanol–water partition coefficient (Wildman–Crippen LogP) is 7.62. The van der Waals surface area contributed by atoms with Crippen molar-refractivity contribution >= 4 is 20.0 Å².